The van der Waals surface area contributed by atoms with E-state index >= 15 is 0 Å². The number of hydrogen-bond donors (Lipinski definition) is 3. The van der Waals surface area contributed by atoms with Crippen molar-refractivity contribution in [2.45, 2.75) is 78.9 Å². The van der Waals surface area contributed by atoms with Crippen molar-refractivity contribution in [2.24, 2.45) is 33.8 Å². The Hall–Kier alpha value is -2.75. The standard InChI is InChI=1S/C20H28N2O2.C4H3NO2.C4H8O.C2H3ClO.CH4/c1-19-8-11-10-21-22-15(11)7-12(19)3-4-13-14-5-6-17(24)20(14,2)9-16(23)18(13)19;6-5-4-2-1-3-7-4;1-3-4-5-2;3-1-2-4;/h7,10,13-14,16-18,23-24H,3-6,8-9H2,1-2H3,(H,21,22);1-3H;3-4H,1-2H3;2H,1H2;1H4/b;;4-3-;;/t13?,14?,16?,17-,18?,19?,20?;;;;/m1..../s1. The van der Waals surface area contributed by atoms with Crippen molar-refractivity contribution in [3.8, 4) is 0 Å². The SMILES string of the molecule is C.C/C=C\OC.CC12Cc3cn[nH]c3C=C1CCC1C2C(O)CC2(C)C1CC[C@H]2O.O=CCCl.O=Nc1ccco1. The van der Waals surface area contributed by atoms with E-state index in [1.165, 1.54) is 23.5 Å². The summed E-state index contributed by atoms with van der Waals surface area (Å²) in [5, 5.41) is 31.6. The number of halogens is 1. The smallest absolute Gasteiger partial charge is 0.260 e. The molecule has 0 bridgehead atoms. The molecule has 2 aromatic rings. The van der Waals surface area contributed by atoms with Gasteiger partial charge < -0.3 is 24.2 Å². The molecule has 6 rings (SSSR count). The van der Waals surface area contributed by atoms with Crippen LogP contribution in [0.5, 0.6) is 0 Å². The zero-order valence-corrected chi connectivity index (χ0v) is 24.5. The minimum Gasteiger partial charge on any atom is -0.505 e. The number of fused-ring (bicyclic) bond motifs is 6. The number of aromatic amines is 1. The van der Waals surface area contributed by atoms with Gasteiger partial charge in [-0.25, -0.2) is 0 Å². The molecule has 41 heavy (non-hydrogen) atoms. The molecule has 0 saturated heterocycles. The lowest BCUT2D eigenvalue weighted by molar-refractivity contribution is -0.136. The Bertz CT molecular complexity index is 1150. The fourth-order valence-electron chi connectivity index (χ4n) is 7.53. The van der Waals surface area contributed by atoms with Crippen molar-refractivity contribution in [2.75, 3.05) is 13.0 Å². The Morgan fingerprint density at radius 2 is 2.02 bits per heavy atom. The zero-order valence-electron chi connectivity index (χ0n) is 23.8. The second kappa shape index (κ2) is 15.5. The molecule has 0 aliphatic heterocycles. The third-order valence-corrected chi connectivity index (χ3v) is 9.30. The molecule has 2 aromatic heterocycles. The number of carbonyl (C=O) groups excluding carboxylic acids is 1. The van der Waals surface area contributed by atoms with Crippen LogP contribution in [0.1, 0.15) is 71.6 Å². The van der Waals surface area contributed by atoms with E-state index in [0.717, 1.165) is 44.2 Å². The molecule has 3 N–H and O–H groups in total. The number of carbonyl (C=O) groups is 1. The molecule has 6 unspecified atom stereocenters. The molecule has 0 spiro atoms. The van der Waals surface area contributed by atoms with Crippen LogP contribution in [0.4, 0.5) is 5.88 Å². The number of allylic oxidation sites excluding steroid dienone is 2. The van der Waals surface area contributed by atoms with Gasteiger partial charge in [0.15, 0.2) is 0 Å². The van der Waals surface area contributed by atoms with Crippen LogP contribution in [0.15, 0.2) is 52.1 Å². The predicted octanol–water partition coefficient (Wildman–Crippen LogP) is 6.83. The van der Waals surface area contributed by atoms with Crippen LogP contribution >= 0.6 is 11.6 Å². The fraction of sp³-hybridized carbons (Fsp3) is 0.613. The summed E-state index contributed by atoms with van der Waals surface area (Å²) in [7, 11) is 1.62. The first-order chi connectivity index (χ1) is 19.2. The first-order valence-electron chi connectivity index (χ1n) is 13.8. The summed E-state index contributed by atoms with van der Waals surface area (Å²) in [4.78, 5) is 18.6. The number of methoxy groups -OCH3 is 1. The maximum absolute atomic E-state index is 11.2. The van der Waals surface area contributed by atoms with Crippen molar-refractivity contribution in [3.63, 3.8) is 0 Å². The van der Waals surface area contributed by atoms with Gasteiger partial charge in [0.25, 0.3) is 5.88 Å². The number of aliphatic hydroxyl groups excluding tert-OH is 2. The van der Waals surface area contributed by atoms with Gasteiger partial charge in [-0.3, -0.25) is 5.10 Å². The normalized spacial score (nSPS) is 32.3. The van der Waals surface area contributed by atoms with E-state index in [1.54, 1.807) is 19.4 Å². The molecule has 7 atom stereocenters. The summed E-state index contributed by atoms with van der Waals surface area (Å²) in [6, 6.07) is 3.10. The third-order valence-electron chi connectivity index (χ3n) is 9.18. The number of alkyl halides is 1. The van der Waals surface area contributed by atoms with Gasteiger partial charge >= 0.3 is 0 Å². The molecule has 0 radical (unpaired) electrons. The predicted molar refractivity (Wildman–Crippen MR) is 162 cm³/mol. The van der Waals surface area contributed by atoms with Crippen molar-refractivity contribution in [1.29, 1.82) is 0 Å². The number of furan rings is 1. The van der Waals surface area contributed by atoms with Gasteiger partial charge in [0.05, 0.1) is 49.6 Å². The molecule has 2 heterocycles. The average molecular weight is 592 g/mol. The molecular weight excluding hydrogens is 546 g/mol. The van der Waals surface area contributed by atoms with Crippen LogP contribution in [0.25, 0.3) is 6.08 Å². The summed E-state index contributed by atoms with van der Waals surface area (Å²) in [5.41, 5.74) is 3.88. The number of rotatable bonds is 3. The molecule has 3 fully saturated rings. The van der Waals surface area contributed by atoms with E-state index < -0.39 is 0 Å². The zero-order chi connectivity index (χ0) is 29.3. The number of nitrogens with zero attached hydrogens (tertiary/aromatic N) is 2. The van der Waals surface area contributed by atoms with Crippen molar-refractivity contribution in [3.05, 3.63) is 58.7 Å². The van der Waals surface area contributed by atoms with Crippen LogP contribution in [-0.4, -0.2) is 51.9 Å². The maximum Gasteiger partial charge on any atom is 0.260 e. The average Bonchev–Trinajstić information content (AvgIpc) is 3.69. The van der Waals surface area contributed by atoms with E-state index in [-0.39, 0.29) is 42.2 Å². The molecule has 3 saturated carbocycles. The van der Waals surface area contributed by atoms with Gasteiger partial charge in [-0.05, 0) is 91.7 Å². The molecule has 4 aliphatic carbocycles. The number of hydrogen-bond acceptors (Lipinski definition) is 8. The number of nitroso groups, excluding NO2 is 1. The van der Waals surface area contributed by atoms with Crippen molar-refractivity contribution < 1.29 is 24.2 Å². The molecule has 0 aromatic carbocycles. The summed E-state index contributed by atoms with van der Waals surface area (Å²) < 4.78 is 9.01. The Kier molecular flexibility index (Phi) is 13.0. The van der Waals surface area contributed by atoms with Gasteiger partial charge in [-0.2, -0.15) is 5.10 Å². The Balaban J connectivity index is 0.000000286. The van der Waals surface area contributed by atoms with Crippen LogP contribution in [0.3, 0.4) is 0 Å². The molecule has 9 nitrogen and oxygen atoms in total. The summed E-state index contributed by atoms with van der Waals surface area (Å²) in [6.45, 7) is 6.49. The van der Waals surface area contributed by atoms with E-state index in [2.05, 4.69) is 44.5 Å². The summed E-state index contributed by atoms with van der Waals surface area (Å²) in [5.74, 6) is 1.64. The molecule has 0 amide bonds. The number of ether oxygens (including phenoxy) is 1. The van der Waals surface area contributed by atoms with Gasteiger partial charge in [-0.1, -0.05) is 32.9 Å². The minimum atomic E-state index is -0.314. The lowest BCUT2D eigenvalue weighted by atomic mass is 9.46. The molecule has 228 valence electrons. The van der Waals surface area contributed by atoms with E-state index in [1.807, 2.05) is 19.2 Å². The summed E-state index contributed by atoms with van der Waals surface area (Å²) in [6.07, 6.45) is 15.2. The lowest BCUT2D eigenvalue weighted by Crippen LogP contribution is -2.57. The summed E-state index contributed by atoms with van der Waals surface area (Å²) >= 11 is 4.82. The van der Waals surface area contributed by atoms with Gasteiger partial charge in [0.2, 0.25) is 0 Å². The third kappa shape index (κ3) is 7.37. The van der Waals surface area contributed by atoms with Crippen molar-refractivity contribution >= 4 is 29.8 Å². The number of aliphatic hydroxyl groups is 2. The van der Waals surface area contributed by atoms with Crippen LogP contribution in [0, 0.1) is 33.5 Å². The van der Waals surface area contributed by atoms with Crippen LogP contribution in [0.2, 0.25) is 0 Å². The van der Waals surface area contributed by atoms with Crippen molar-refractivity contribution in [1.82, 2.24) is 10.2 Å². The Morgan fingerprint density at radius 1 is 1.29 bits per heavy atom. The highest BCUT2D eigenvalue weighted by atomic mass is 35.5. The van der Waals surface area contributed by atoms with E-state index in [0.29, 0.717) is 24.0 Å². The quantitative estimate of drug-likeness (QED) is 0.154. The minimum absolute atomic E-state index is 0. The highest BCUT2D eigenvalue weighted by molar-refractivity contribution is 6.24. The van der Waals surface area contributed by atoms with E-state index in [9.17, 15) is 15.1 Å². The number of aldehydes is 1. The monoisotopic (exact) mass is 591 g/mol. The Morgan fingerprint density at radius 3 is 2.56 bits per heavy atom. The first kappa shape index (κ1) is 34.5. The van der Waals surface area contributed by atoms with E-state index in [4.69, 9.17) is 16.4 Å². The highest BCUT2D eigenvalue weighted by Gasteiger charge is 2.61. The number of aromatic nitrogens is 2. The largest absolute Gasteiger partial charge is 0.505 e. The second-order valence-corrected chi connectivity index (χ2v) is 11.7. The number of nitrogens with one attached hydrogen (secondary N) is 1. The Labute approximate surface area is 248 Å². The van der Waals surface area contributed by atoms with Gasteiger partial charge in [0.1, 0.15) is 6.29 Å². The topological polar surface area (TPSA) is 138 Å². The highest BCUT2D eigenvalue weighted by Crippen LogP contribution is 2.65. The van der Waals surface area contributed by atoms with Gasteiger partial charge in [0, 0.05) is 11.2 Å². The molecule has 4 aliphatic rings. The van der Waals surface area contributed by atoms with Gasteiger partial charge in [-0.15, -0.1) is 16.5 Å². The second-order valence-electron chi connectivity index (χ2n) is 11.3. The number of H-pyrrole nitrogens is 1. The lowest BCUT2D eigenvalue weighted by Gasteiger charge is -2.59. The molecular formula is C31H46ClN3O6. The fourth-order valence-corrected chi connectivity index (χ4v) is 7.53. The molecule has 10 heteroatoms. The maximum atomic E-state index is 11.2. The van der Waals surface area contributed by atoms with Crippen LogP contribution in [-0.2, 0) is 16.0 Å². The first-order valence-corrected chi connectivity index (χ1v) is 14.3. The van der Waals surface area contributed by atoms with Crippen LogP contribution < -0.4 is 0 Å².